The zero-order chi connectivity index (χ0) is 8.91. The minimum Gasteiger partial charge on any atom is -0.437 e. The van der Waals surface area contributed by atoms with Gasteiger partial charge in [0.05, 0.1) is 6.23 Å². The van der Waals surface area contributed by atoms with Crippen LogP contribution in [0.15, 0.2) is 0 Å². The minimum absolute atomic E-state index is 0.640. The van der Waals surface area contributed by atoms with Gasteiger partial charge in [-0.25, -0.2) is 0 Å². The number of ether oxygens (including phenoxy) is 1. The van der Waals surface area contributed by atoms with E-state index in [1.165, 1.54) is 0 Å². The monoisotopic (exact) mass is 194 g/mol. The van der Waals surface area contributed by atoms with Crippen LogP contribution in [0.1, 0.15) is 0 Å². The Morgan fingerprint density at radius 3 is 2.00 bits per heavy atom. The highest BCUT2D eigenvalue weighted by Crippen LogP contribution is 2.05. The van der Waals surface area contributed by atoms with Gasteiger partial charge in [0.2, 0.25) is 0 Å². The Hall–Kier alpha value is 0.314. The predicted octanol–water partition coefficient (Wildman–Crippen LogP) is 0.890. The molecule has 0 rings (SSSR count). The Kier molecular flexibility index (Phi) is 5.19. The van der Waals surface area contributed by atoms with Gasteiger partial charge in [-0.3, -0.25) is 0 Å². The van der Waals surface area contributed by atoms with Crippen molar-refractivity contribution in [3.05, 3.63) is 0 Å². The lowest BCUT2D eigenvalue weighted by Gasteiger charge is -2.23. The first-order valence-corrected chi connectivity index (χ1v) is 8.86. The van der Waals surface area contributed by atoms with Crippen molar-refractivity contribution >= 4 is 17.6 Å². The van der Waals surface area contributed by atoms with Crippen molar-refractivity contribution in [1.82, 2.24) is 0 Å². The normalized spacial score (nSPS) is 15.0. The lowest BCUT2D eigenvalue weighted by molar-refractivity contribution is 0.204. The van der Waals surface area contributed by atoms with Gasteiger partial charge in [-0.15, -0.1) is 0 Å². The molecule has 0 N–H and O–H groups in total. The van der Waals surface area contributed by atoms with E-state index in [0.717, 1.165) is 0 Å². The molecule has 5 heteroatoms. The van der Waals surface area contributed by atoms with E-state index in [0.29, 0.717) is 6.23 Å². The average Bonchev–Trinajstić information content (AvgIpc) is 1.84. The summed E-state index contributed by atoms with van der Waals surface area (Å²) in [5, 5.41) is 0. The lowest BCUT2D eigenvalue weighted by atomic mass is 11.5. The van der Waals surface area contributed by atoms with Crippen molar-refractivity contribution in [3.63, 3.8) is 0 Å². The van der Waals surface area contributed by atoms with Crippen LogP contribution in [0.4, 0.5) is 0 Å². The molecule has 0 radical (unpaired) electrons. The third-order valence-electron chi connectivity index (χ3n) is 1.05. The summed E-state index contributed by atoms with van der Waals surface area (Å²) < 4.78 is 15.9. The third kappa shape index (κ3) is 6.70. The first-order valence-electron chi connectivity index (χ1n) is 3.69. The molecule has 1 atom stereocenters. The molecule has 0 aromatic rings. The summed E-state index contributed by atoms with van der Waals surface area (Å²) in [5.41, 5.74) is 0. The number of methoxy groups -OCH3 is 1. The zero-order valence-electron chi connectivity index (χ0n) is 8.01. The number of hydrogen-bond acceptors (Lipinski definition) is 3. The van der Waals surface area contributed by atoms with Crippen molar-refractivity contribution in [2.24, 2.45) is 0 Å². The SMILES string of the molecule is COC[SiH](OC)O[Si](C)(C)C. The van der Waals surface area contributed by atoms with E-state index in [2.05, 4.69) is 19.6 Å². The van der Waals surface area contributed by atoms with Crippen LogP contribution in [0, 0.1) is 0 Å². The Labute approximate surface area is 71.6 Å². The van der Waals surface area contributed by atoms with Gasteiger partial charge < -0.3 is 13.3 Å². The summed E-state index contributed by atoms with van der Waals surface area (Å²) in [6.45, 7) is 6.46. The maximum Gasteiger partial charge on any atom is 0.337 e. The molecule has 0 heterocycles. The van der Waals surface area contributed by atoms with E-state index in [1.807, 2.05) is 0 Å². The predicted molar refractivity (Wildman–Crippen MR) is 50.5 cm³/mol. The first-order chi connectivity index (χ1) is 4.99. The molecule has 0 fully saturated rings. The standard InChI is InChI=1S/C6H18O3Si2/c1-7-6-10(8-2)9-11(3,4)5/h10H,6H2,1-5H3. The van der Waals surface area contributed by atoms with Crippen LogP contribution < -0.4 is 0 Å². The Bertz CT molecular complexity index is 102. The summed E-state index contributed by atoms with van der Waals surface area (Å²) in [5.74, 6) is 0. The lowest BCUT2D eigenvalue weighted by Crippen LogP contribution is -2.39. The van der Waals surface area contributed by atoms with Crippen molar-refractivity contribution in [1.29, 1.82) is 0 Å². The maximum atomic E-state index is 5.76. The molecule has 0 aliphatic rings. The van der Waals surface area contributed by atoms with Crippen molar-refractivity contribution in [2.45, 2.75) is 19.6 Å². The Balaban J connectivity index is 3.68. The topological polar surface area (TPSA) is 27.7 Å². The van der Waals surface area contributed by atoms with Crippen LogP contribution in [0.25, 0.3) is 0 Å². The molecule has 0 saturated heterocycles. The van der Waals surface area contributed by atoms with Gasteiger partial charge in [-0.1, -0.05) is 0 Å². The summed E-state index contributed by atoms with van der Waals surface area (Å²) in [6.07, 6.45) is 0.640. The Morgan fingerprint density at radius 1 is 1.18 bits per heavy atom. The van der Waals surface area contributed by atoms with Crippen LogP contribution in [0.5, 0.6) is 0 Å². The molecule has 0 aliphatic carbocycles. The highest BCUT2D eigenvalue weighted by Gasteiger charge is 2.22. The average molecular weight is 194 g/mol. The van der Waals surface area contributed by atoms with Gasteiger partial charge >= 0.3 is 9.28 Å². The van der Waals surface area contributed by atoms with Gasteiger partial charge in [0.15, 0.2) is 8.32 Å². The molecular weight excluding hydrogens is 176 g/mol. The second kappa shape index (κ2) is 5.05. The van der Waals surface area contributed by atoms with Gasteiger partial charge in [-0.05, 0) is 19.6 Å². The summed E-state index contributed by atoms with van der Waals surface area (Å²) in [7, 11) is 0.444. The van der Waals surface area contributed by atoms with Gasteiger partial charge in [0.1, 0.15) is 0 Å². The molecular formula is C6H18O3Si2. The fraction of sp³-hybridized carbons (Fsp3) is 1.00. The highest BCUT2D eigenvalue weighted by atomic mass is 28.4. The number of rotatable bonds is 5. The van der Waals surface area contributed by atoms with Gasteiger partial charge in [0, 0.05) is 14.2 Å². The molecule has 0 amide bonds. The van der Waals surface area contributed by atoms with E-state index in [4.69, 9.17) is 13.3 Å². The minimum atomic E-state index is -1.50. The second-order valence-electron chi connectivity index (χ2n) is 3.35. The van der Waals surface area contributed by atoms with Crippen molar-refractivity contribution < 1.29 is 13.3 Å². The van der Waals surface area contributed by atoms with Crippen LogP contribution in [-0.4, -0.2) is 38.1 Å². The van der Waals surface area contributed by atoms with E-state index < -0.39 is 17.6 Å². The van der Waals surface area contributed by atoms with Gasteiger partial charge in [0.25, 0.3) is 0 Å². The van der Waals surface area contributed by atoms with Crippen LogP contribution in [0.3, 0.4) is 0 Å². The van der Waals surface area contributed by atoms with E-state index in [9.17, 15) is 0 Å². The third-order valence-corrected chi connectivity index (χ3v) is 6.06. The molecule has 0 spiro atoms. The van der Waals surface area contributed by atoms with Gasteiger partial charge in [-0.2, -0.15) is 0 Å². The fourth-order valence-electron chi connectivity index (χ4n) is 0.681. The summed E-state index contributed by atoms with van der Waals surface area (Å²) in [6, 6.07) is 0. The van der Waals surface area contributed by atoms with E-state index in [-0.39, 0.29) is 0 Å². The maximum absolute atomic E-state index is 5.76. The molecule has 3 nitrogen and oxygen atoms in total. The summed E-state index contributed by atoms with van der Waals surface area (Å²) in [4.78, 5) is 0. The number of hydrogen-bond donors (Lipinski definition) is 0. The molecule has 68 valence electrons. The smallest absolute Gasteiger partial charge is 0.337 e. The zero-order valence-corrected chi connectivity index (χ0v) is 10.2. The summed E-state index contributed by atoms with van der Waals surface area (Å²) >= 11 is 0. The first kappa shape index (κ1) is 11.3. The molecule has 0 saturated carbocycles. The molecule has 1 unspecified atom stereocenters. The molecule has 0 aromatic carbocycles. The van der Waals surface area contributed by atoms with Crippen LogP contribution in [-0.2, 0) is 13.3 Å². The van der Waals surface area contributed by atoms with Crippen molar-refractivity contribution in [3.8, 4) is 0 Å². The van der Waals surface area contributed by atoms with Crippen LogP contribution >= 0.6 is 0 Å². The quantitative estimate of drug-likeness (QED) is 0.608. The molecule has 0 bridgehead atoms. The Morgan fingerprint density at radius 2 is 1.73 bits per heavy atom. The second-order valence-corrected chi connectivity index (χ2v) is 10.2. The van der Waals surface area contributed by atoms with E-state index >= 15 is 0 Å². The fourth-order valence-corrected chi connectivity index (χ4v) is 4.90. The van der Waals surface area contributed by atoms with E-state index in [1.54, 1.807) is 14.2 Å². The van der Waals surface area contributed by atoms with Crippen molar-refractivity contribution in [2.75, 3.05) is 20.4 Å². The molecule has 11 heavy (non-hydrogen) atoms. The molecule has 0 aliphatic heterocycles. The molecule has 0 aromatic heterocycles. The highest BCUT2D eigenvalue weighted by molar-refractivity contribution is 6.75. The largest absolute Gasteiger partial charge is 0.437 e. The van der Waals surface area contributed by atoms with Crippen LogP contribution in [0.2, 0.25) is 19.6 Å².